The van der Waals surface area contributed by atoms with Gasteiger partial charge in [0.1, 0.15) is 5.75 Å². The average Bonchev–Trinajstić information content (AvgIpc) is 2.67. The molecule has 8 nitrogen and oxygen atoms in total. The van der Waals surface area contributed by atoms with Gasteiger partial charge in [0.2, 0.25) is 0 Å². The lowest BCUT2D eigenvalue weighted by Gasteiger charge is -2.07. The molecule has 0 aliphatic heterocycles. The SMILES string of the molecule is COc1cccc(NC(=O)C(=O)NN=Cc2ccc(OC)c(OC)c2)c1. The third-order valence-electron chi connectivity index (χ3n) is 3.32. The van der Waals surface area contributed by atoms with Crippen LogP contribution in [0.4, 0.5) is 5.69 Å². The van der Waals surface area contributed by atoms with Crippen molar-refractivity contribution < 1.29 is 23.8 Å². The zero-order chi connectivity index (χ0) is 18.9. The molecule has 0 fully saturated rings. The molecule has 0 spiro atoms. The highest BCUT2D eigenvalue weighted by Crippen LogP contribution is 2.26. The Morgan fingerprint density at radius 1 is 0.923 bits per heavy atom. The number of amides is 2. The third-order valence-corrected chi connectivity index (χ3v) is 3.32. The van der Waals surface area contributed by atoms with Gasteiger partial charge in [-0.3, -0.25) is 9.59 Å². The second-order valence-electron chi connectivity index (χ2n) is 5.00. The fourth-order valence-corrected chi connectivity index (χ4v) is 2.04. The third kappa shape index (κ3) is 4.97. The first kappa shape index (κ1) is 18.8. The van der Waals surface area contributed by atoms with Crippen LogP contribution >= 0.6 is 0 Å². The molecule has 26 heavy (non-hydrogen) atoms. The van der Waals surface area contributed by atoms with Crippen LogP contribution in [0.1, 0.15) is 5.56 Å². The van der Waals surface area contributed by atoms with E-state index in [4.69, 9.17) is 14.2 Å². The van der Waals surface area contributed by atoms with E-state index in [2.05, 4.69) is 15.8 Å². The number of carbonyl (C=O) groups is 2. The highest BCUT2D eigenvalue weighted by Gasteiger charge is 2.13. The fourth-order valence-electron chi connectivity index (χ4n) is 2.04. The van der Waals surface area contributed by atoms with Crippen molar-refractivity contribution >= 4 is 23.7 Å². The van der Waals surface area contributed by atoms with E-state index < -0.39 is 11.8 Å². The second-order valence-corrected chi connectivity index (χ2v) is 5.00. The van der Waals surface area contributed by atoms with Crippen molar-refractivity contribution in [2.75, 3.05) is 26.6 Å². The van der Waals surface area contributed by atoms with Crippen LogP contribution < -0.4 is 25.0 Å². The summed E-state index contributed by atoms with van der Waals surface area (Å²) in [5.41, 5.74) is 3.26. The number of methoxy groups -OCH3 is 3. The lowest BCUT2D eigenvalue weighted by atomic mass is 10.2. The summed E-state index contributed by atoms with van der Waals surface area (Å²) in [6, 6.07) is 11.8. The Kier molecular flexibility index (Phi) is 6.55. The number of anilines is 1. The van der Waals surface area contributed by atoms with Gasteiger partial charge in [0.25, 0.3) is 0 Å². The van der Waals surface area contributed by atoms with Gasteiger partial charge in [0, 0.05) is 11.8 Å². The quantitative estimate of drug-likeness (QED) is 0.467. The molecule has 8 heteroatoms. The van der Waals surface area contributed by atoms with E-state index in [1.165, 1.54) is 27.5 Å². The van der Waals surface area contributed by atoms with E-state index in [0.29, 0.717) is 28.5 Å². The Hall–Kier alpha value is -3.55. The molecule has 0 aliphatic carbocycles. The molecular weight excluding hydrogens is 338 g/mol. The molecule has 0 heterocycles. The minimum atomic E-state index is -0.899. The first-order valence-corrected chi connectivity index (χ1v) is 7.58. The van der Waals surface area contributed by atoms with Crippen LogP contribution in [0.2, 0.25) is 0 Å². The van der Waals surface area contributed by atoms with E-state index >= 15 is 0 Å². The summed E-state index contributed by atoms with van der Waals surface area (Å²) in [5, 5.41) is 6.22. The number of hydrazone groups is 1. The topological polar surface area (TPSA) is 98.2 Å². The molecule has 0 atom stereocenters. The van der Waals surface area contributed by atoms with Gasteiger partial charge in [-0.2, -0.15) is 5.10 Å². The average molecular weight is 357 g/mol. The molecule has 2 rings (SSSR count). The highest BCUT2D eigenvalue weighted by atomic mass is 16.5. The minimum absolute atomic E-state index is 0.438. The summed E-state index contributed by atoms with van der Waals surface area (Å²) in [7, 11) is 4.56. The van der Waals surface area contributed by atoms with Crippen LogP contribution in [0.25, 0.3) is 0 Å². The summed E-state index contributed by atoms with van der Waals surface area (Å²) in [5.74, 6) is -0.0770. The van der Waals surface area contributed by atoms with E-state index in [1.54, 1.807) is 42.5 Å². The number of rotatable bonds is 6. The van der Waals surface area contributed by atoms with Crippen LogP contribution in [0.15, 0.2) is 47.6 Å². The van der Waals surface area contributed by atoms with Gasteiger partial charge in [0.15, 0.2) is 11.5 Å². The number of carbonyl (C=O) groups excluding carboxylic acids is 2. The van der Waals surface area contributed by atoms with Crippen LogP contribution in [0.3, 0.4) is 0 Å². The molecule has 136 valence electrons. The molecule has 0 saturated carbocycles. The summed E-state index contributed by atoms with van der Waals surface area (Å²) in [6.45, 7) is 0. The molecule has 2 N–H and O–H groups in total. The van der Waals surface area contributed by atoms with E-state index in [1.807, 2.05) is 0 Å². The molecule has 0 saturated heterocycles. The number of benzene rings is 2. The standard InChI is InChI=1S/C18H19N3O5/c1-24-14-6-4-5-13(10-14)20-17(22)18(23)21-19-11-12-7-8-15(25-2)16(9-12)26-3/h4-11H,1-3H3,(H,20,22)(H,21,23). The van der Waals surface area contributed by atoms with Gasteiger partial charge in [0.05, 0.1) is 27.5 Å². The lowest BCUT2D eigenvalue weighted by Crippen LogP contribution is -2.32. The van der Waals surface area contributed by atoms with Crippen LogP contribution in [0.5, 0.6) is 17.2 Å². The Morgan fingerprint density at radius 2 is 1.69 bits per heavy atom. The number of nitrogens with zero attached hydrogens (tertiary/aromatic N) is 1. The van der Waals surface area contributed by atoms with E-state index in [9.17, 15) is 9.59 Å². The maximum Gasteiger partial charge on any atom is 0.329 e. The molecular formula is C18H19N3O5. The second kappa shape index (κ2) is 9.07. The van der Waals surface area contributed by atoms with Gasteiger partial charge in [-0.15, -0.1) is 0 Å². The predicted octanol–water partition coefficient (Wildman–Crippen LogP) is 1.80. The van der Waals surface area contributed by atoms with Gasteiger partial charge in [-0.05, 0) is 35.9 Å². The van der Waals surface area contributed by atoms with Crippen molar-refractivity contribution in [3.8, 4) is 17.2 Å². The first-order chi connectivity index (χ1) is 12.6. The van der Waals surface area contributed by atoms with Crippen LogP contribution in [0, 0.1) is 0 Å². The Balaban J connectivity index is 1.94. The molecule has 0 unspecified atom stereocenters. The first-order valence-electron chi connectivity index (χ1n) is 7.58. The predicted molar refractivity (Wildman–Crippen MR) is 96.9 cm³/mol. The van der Waals surface area contributed by atoms with Crippen molar-refractivity contribution in [2.45, 2.75) is 0 Å². The smallest absolute Gasteiger partial charge is 0.329 e. The van der Waals surface area contributed by atoms with Gasteiger partial charge in [-0.25, -0.2) is 5.43 Å². The van der Waals surface area contributed by atoms with Crippen molar-refractivity contribution in [1.82, 2.24) is 5.43 Å². The summed E-state index contributed by atoms with van der Waals surface area (Å²) < 4.78 is 15.4. The normalized spacial score (nSPS) is 10.3. The lowest BCUT2D eigenvalue weighted by molar-refractivity contribution is -0.136. The van der Waals surface area contributed by atoms with E-state index in [0.717, 1.165) is 0 Å². The van der Waals surface area contributed by atoms with Crippen molar-refractivity contribution in [3.63, 3.8) is 0 Å². The summed E-state index contributed by atoms with van der Waals surface area (Å²) in [4.78, 5) is 23.7. The minimum Gasteiger partial charge on any atom is -0.497 e. The maximum absolute atomic E-state index is 11.9. The zero-order valence-corrected chi connectivity index (χ0v) is 14.6. The van der Waals surface area contributed by atoms with Crippen molar-refractivity contribution in [3.05, 3.63) is 48.0 Å². The molecule has 0 radical (unpaired) electrons. The van der Waals surface area contributed by atoms with Crippen molar-refractivity contribution in [1.29, 1.82) is 0 Å². The zero-order valence-electron chi connectivity index (χ0n) is 14.6. The highest BCUT2D eigenvalue weighted by molar-refractivity contribution is 6.39. The number of ether oxygens (including phenoxy) is 3. The fraction of sp³-hybridized carbons (Fsp3) is 0.167. The Morgan fingerprint density at radius 3 is 2.38 bits per heavy atom. The van der Waals surface area contributed by atoms with Gasteiger partial charge in [-0.1, -0.05) is 6.07 Å². The number of hydrogen-bond acceptors (Lipinski definition) is 6. The molecule has 2 aromatic rings. The molecule has 0 aromatic heterocycles. The van der Waals surface area contributed by atoms with E-state index in [-0.39, 0.29) is 0 Å². The molecule has 2 amide bonds. The van der Waals surface area contributed by atoms with Crippen LogP contribution in [-0.2, 0) is 9.59 Å². The summed E-state index contributed by atoms with van der Waals surface area (Å²) >= 11 is 0. The number of hydrogen-bond donors (Lipinski definition) is 2. The molecule has 0 aliphatic rings. The molecule has 0 bridgehead atoms. The van der Waals surface area contributed by atoms with Gasteiger partial charge >= 0.3 is 11.8 Å². The molecule has 2 aromatic carbocycles. The van der Waals surface area contributed by atoms with Crippen molar-refractivity contribution in [2.24, 2.45) is 5.10 Å². The number of nitrogens with one attached hydrogen (secondary N) is 2. The largest absolute Gasteiger partial charge is 0.497 e. The summed E-state index contributed by atoms with van der Waals surface area (Å²) in [6.07, 6.45) is 1.39. The Bertz CT molecular complexity index is 820. The van der Waals surface area contributed by atoms with Gasteiger partial charge < -0.3 is 19.5 Å². The monoisotopic (exact) mass is 357 g/mol. The maximum atomic E-state index is 11.9. The Labute approximate surface area is 150 Å². The van der Waals surface area contributed by atoms with Crippen LogP contribution in [-0.4, -0.2) is 39.4 Å².